The quantitative estimate of drug-likeness (QED) is 0.706. The third-order valence-electron chi connectivity index (χ3n) is 5.40. The van der Waals surface area contributed by atoms with Crippen LogP contribution >= 0.6 is 0 Å². The number of amides is 1. The molecule has 4 rings (SSSR count). The molecule has 3 nitrogen and oxygen atoms in total. The lowest BCUT2D eigenvalue weighted by molar-refractivity contribution is -0.136. The van der Waals surface area contributed by atoms with Crippen LogP contribution in [0.1, 0.15) is 37.8 Å². The van der Waals surface area contributed by atoms with E-state index in [0.717, 1.165) is 34.9 Å². The fraction of sp³-hybridized carbons (Fsp3) is 0.318. The SMILES string of the molecule is CC(C)N(Cc1ccccc1)C(=O)C1(c2c[nH]c3cc(F)ccc23)CC1. The van der Waals surface area contributed by atoms with Gasteiger partial charge in [-0.3, -0.25) is 4.79 Å². The number of rotatable bonds is 5. The van der Waals surface area contributed by atoms with Gasteiger partial charge in [-0.25, -0.2) is 4.39 Å². The molecule has 26 heavy (non-hydrogen) atoms. The number of H-pyrrole nitrogens is 1. The van der Waals surface area contributed by atoms with Crippen molar-refractivity contribution < 1.29 is 9.18 Å². The van der Waals surface area contributed by atoms with Gasteiger partial charge in [0.05, 0.1) is 5.41 Å². The molecule has 1 N–H and O–H groups in total. The van der Waals surface area contributed by atoms with Crippen molar-refractivity contribution in [1.82, 2.24) is 9.88 Å². The average Bonchev–Trinajstić information content (AvgIpc) is 3.33. The summed E-state index contributed by atoms with van der Waals surface area (Å²) in [4.78, 5) is 18.6. The molecule has 0 bridgehead atoms. The number of carbonyl (C=O) groups is 1. The summed E-state index contributed by atoms with van der Waals surface area (Å²) < 4.78 is 13.5. The predicted octanol–water partition coefficient (Wildman–Crippen LogP) is 4.78. The van der Waals surface area contributed by atoms with Gasteiger partial charge < -0.3 is 9.88 Å². The lowest BCUT2D eigenvalue weighted by atomic mass is 9.93. The van der Waals surface area contributed by atoms with E-state index in [9.17, 15) is 9.18 Å². The molecule has 0 unspecified atom stereocenters. The molecule has 0 spiro atoms. The molecule has 0 aliphatic heterocycles. The van der Waals surface area contributed by atoms with Crippen LogP contribution in [-0.2, 0) is 16.8 Å². The van der Waals surface area contributed by atoms with Gasteiger partial charge in [-0.05, 0) is 56.0 Å². The lowest BCUT2D eigenvalue weighted by Gasteiger charge is -2.31. The molecular weight excluding hydrogens is 327 g/mol. The molecule has 1 fully saturated rings. The van der Waals surface area contributed by atoms with Gasteiger partial charge in [0.25, 0.3) is 0 Å². The van der Waals surface area contributed by atoms with Gasteiger partial charge in [0, 0.05) is 29.7 Å². The lowest BCUT2D eigenvalue weighted by Crippen LogP contribution is -2.43. The fourth-order valence-electron chi connectivity index (χ4n) is 3.76. The van der Waals surface area contributed by atoms with Gasteiger partial charge in [0.2, 0.25) is 5.91 Å². The van der Waals surface area contributed by atoms with Crippen LogP contribution in [-0.4, -0.2) is 21.8 Å². The molecule has 3 aromatic rings. The summed E-state index contributed by atoms with van der Waals surface area (Å²) in [5.41, 5.74) is 2.40. The number of hydrogen-bond donors (Lipinski definition) is 1. The highest BCUT2D eigenvalue weighted by molar-refractivity contribution is 5.97. The van der Waals surface area contributed by atoms with Crippen LogP contribution in [0, 0.1) is 5.82 Å². The van der Waals surface area contributed by atoms with E-state index >= 15 is 0 Å². The largest absolute Gasteiger partial charge is 0.361 e. The number of halogens is 1. The number of hydrogen-bond acceptors (Lipinski definition) is 1. The summed E-state index contributed by atoms with van der Waals surface area (Å²) in [6, 6.07) is 14.9. The maximum absolute atomic E-state index is 13.5. The summed E-state index contributed by atoms with van der Waals surface area (Å²) in [5, 5.41) is 0.945. The van der Waals surface area contributed by atoms with Crippen molar-refractivity contribution in [2.45, 2.75) is 44.7 Å². The summed E-state index contributed by atoms with van der Waals surface area (Å²) in [7, 11) is 0. The van der Waals surface area contributed by atoms with Crippen LogP contribution in [0.5, 0.6) is 0 Å². The summed E-state index contributed by atoms with van der Waals surface area (Å²) >= 11 is 0. The van der Waals surface area contributed by atoms with Crippen LogP contribution in [0.2, 0.25) is 0 Å². The summed E-state index contributed by atoms with van der Waals surface area (Å²) in [5.74, 6) is -0.100. The van der Waals surface area contributed by atoms with Gasteiger partial charge in [0.15, 0.2) is 0 Å². The third-order valence-corrected chi connectivity index (χ3v) is 5.40. The Balaban J connectivity index is 1.68. The first-order valence-electron chi connectivity index (χ1n) is 9.13. The monoisotopic (exact) mass is 350 g/mol. The first kappa shape index (κ1) is 16.8. The Hall–Kier alpha value is -2.62. The summed E-state index contributed by atoms with van der Waals surface area (Å²) in [6.07, 6.45) is 3.57. The van der Waals surface area contributed by atoms with Gasteiger partial charge >= 0.3 is 0 Å². The number of aromatic nitrogens is 1. The fourth-order valence-corrected chi connectivity index (χ4v) is 3.76. The number of benzene rings is 2. The van der Waals surface area contributed by atoms with Gasteiger partial charge in [-0.15, -0.1) is 0 Å². The number of aromatic amines is 1. The topological polar surface area (TPSA) is 36.1 Å². The highest BCUT2D eigenvalue weighted by atomic mass is 19.1. The summed E-state index contributed by atoms with van der Waals surface area (Å²) in [6.45, 7) is 4.72. The zero-order valence-corrected chi connectivity index (χ0v) is 15.1. The molecule has 4 heteroatoms. The Morgan fingerprint density at radius 2 is 1.92 bits per heavy atom. The number of fused-ring (bicyclic) bond motifs is 1. The minimum atomic E-state index is -0.477. The van der Waals surface area contributed by atoms with Crippen LogP contribution < -0.4 is 0 Å². The number of nitrogens with zero attached hydrogens (tertiary/aromatic N) is 1. The Bertz CT molecular complexity index is 941. The van der Waals surface area contributed by atoms with Gasteiger partial charge in [-0.1, -0.05) is 30.3 Å². The Kier molecular flexibility index (Phi) is 4.06. The molecule has 1 aromatic heterocycles. The maximum atomic E-state index is 13.5. The molecule has 0 saturated heterocycles. The van der Waals surface area contributed by atoms with Gasteiger partial charge in [-0.2, -0.15) is 0 Å². The molecule has 0 radical (unpaired) electrons. The standard InChI is InChI=1S/C22H23FN2O/c1-15(2)25(14-16-6-4-3-5-7-16)21(26)22(10-11-22)19-13-24-20-12-17(23)8-9-18(19)20/h3-9,12-13,15,24H,10-11,14H2,1-2H3. The molecule has 1 heterocycles. The van der Waals surface area contributed by atoms with E-state index in [1.54, 1.807) is 6.07 Å². The Morgan fingerprint density at radius 3 is 2.58 bits per heavy atom. The molecule has 1 saturated carbocycles. The highest BCUT2D eigenvalue weighted by Crippen LogP contribution is 2.52. The Labute approximate surface area is 152 Å². The zero-order chi connectivity index (χ0) is 18.3. The molecule has 1 amide bonds. The number of carbonyl (C=O) groups excluding carboxylic acids is 1. The molecule has 0 atom stereocenters. The predicted molar refractivity (Wildman–Crippen MR) is 101 cm³/mol. The molecule has 134 valence electrons. The minimum Gasteiger partial charge on any atom is -0.361 e. The van der Waals surface area contributed by atoms with E-state index in [-0.39, 0.29) is 17.8 Å². The van der Waals surface area contributed by atoms with Crippen LogP contribution in [0.25, 0.3) is 10.9 Å². The van der Waals surface area contributed by atoms with Gasteiger partial charge in [0.1, 0.15) is 5.82 Å². The first-order chi connectivity index (χ1) is 12.5. The first-order valence-corrected chi connectivity index (χ1v) is 9.13. The van der Waals surface area contributed by atoms with E-state index in [1.165, 1.54) is 12.1 Å². The smallest absolute Gasteiger partial charge is 0.233 e. The molecule has 1 aliphatic carbocycles. The van der Waals surface area contributed by atoms with E-state index in [1.807, 2.05) is 29.3 Å². The second kappa shape index (κ2) is 6.27. The van der Waals surface area contributed by atoms with E-state index in [0.29, 0.717) is 6.54 Å². The minimum absolute atomic E-state index is 0.114. The Morgan fingerprint density at radius 1 is 1.19 bits per heavy atom. The van der Waals surface area contributed by atoms with Crippen molar-refractivity contribution in [1.29, 1.82) is 0 Å². The van der Waals surface area contributed by atoms with Crippen molar-refractivity contribution in [3.05, 3.63) is 71.7 Å². The van der Waals surface area contributed by atoms with E-state index in [2.05, 4.69) is 31.0 Å². The third kappa shape index (κ3) is 2.79. The zero-order valence-electron chi connectivity index (χ0n) is 15.1. The second-order valence-electron chi connectivity index (χ2n) is 7.49. The van der Waals surface area contributed by atoms with Crippen LogP contribution in [0.15, 0.2) is 54.7 Å². The van der Waals surface area contributed by atoms with E-state index in [4.69, 9.17) is 0 Å². The molecular formula is C22H23FN2O. The van der Waals surface area contributed by atoms with Crippen molar-refractivity contribution in [3.63, 3.8) is 0 Å². The molecule has 1 aliphatic rings. The van der Waals surface area contributed by atoms with Crippen molar-refractivity contribution in [3.8, 4) is 0 Å². The maximum Gasteiger partial charge on any atom is 0.233 e. The normalized spacial score (nSPS) is 15.4. The van der Waals surface area contributed by atoms with Crippen molar-refractivity contribution in [2.24, 2.45) is 0 Å². The highest BCUT2D eigenvalue weighted by Gasteiger charge is 2.54. The average molecular weight is 350 g/mol. The second-order valence-corrected chi connectivity index (χ2v) is 7.49. The van der Waals surface area contributed by atoms with Crippen LogP contribution in [0.3, 0.4) is 0 Å². The molecule has 2 aromatic carbocycles. The van der Waals surface area contributed by atoms with Crippen molar-refractivity contribution in [2.75, 3.05) is 0 Å². The van der Waals surface area contributed by atoms with Crippen LogP contribution in [0.4, 0.5) is 4.39 Å². The van der Waals surface area contributed by atoms with E-state index < -0.39 is 5.41 Å². The van der Waals surface area contributed by atoms with Crippen molar-refractivity contribution >= 4 is 16.8 Å². The number of nitrogens with one attached hydrogen (secondary N) is 1.